The van der Waals surface area contributed by atoms with E-state index in [0.29, 0.717) is 11.2 Å². The monoisotopic (exact) mass is 250 g/mol. The van der Waals surface area contributed by atoms with Crippen LogP contribution in [0.3, 0.4) is 0 Å². The van der Waals surface area contributed by atoms with Gasteiger partial charge in [-0.25, -0.2) is 0 Å². The van der Waals surface area contributed by atoms with Crippen molar-refractivity contribution in [2.75, 3.05) is 0 Å². The number of halogens is 1. The highest BCUT2D eigenvalue weighted by Crippen LogP contribution is 2.30. The molecule has 86 valence electrons. The molecule has 1 aromatic heterocycles. The first-order chi connectivity index (χ1) is 8.05. The molecule has 0 radical (unpaired) electrons. The van der Waals surface area contributed by atoms with Gasteiger partial charge in [0.2, 0.25) is 0 Å². The van der Waals surface area contributed by atoms with Crippen molar-refractivity contribution in [2.45, 2.75) is 4.90 Å². The summed E-state index contributed by atoms with van der Waals surface area (Å²) < 4.78 is 39.9. The first-order valence-electron chi connectivity index (χ1n) is 4.92. The molecule has 0 saturated carbocycles. The van der Waals surface area contributed by atoms with E-state index in [4.69, 9.17) is 4.42 Å². The molecule has 0 atom stereocenters. The second-order valence-electron chi connectivity index (χ2n) is 3.69. The van der Waals surface area contributed by atoms with Gasteiger partial charge in [-0.1, -0.05) is 18.2 Å². The van der Waals surface area contributed by atoms with Crippen molar-refractivity contribution in [3.63, 3.8) is 0 Å². The lowest BCUT2D eigenvalue weighted by molar-refractivity contribution is 0.551. The summed E-state index contributed by atoms with van der Waals surface area (Å²) in [4.78, 5) is -0.385. The molecule has 0 spiro atoms. The number of benzene rings is 2. The van der Waals surface area contributed by atoms with Gasteiger partial charge in [0.05, 0.1) is 0 Å². The highest BCUT2D eigenvalue weighted by Gasteiger charge is 2.14. The Morgan fingerprint density at radius 1 is 0.941 bits per heavy atom. The van der Waals surface area contributed by atoms with E-state index in [-0.39, 0.29) is 4.90 Å². The van der Waals surface area contributed by atoms with Gasteiger partial charge >= 0.3 is 10.2 Å². The summed E-state index contributed by atoms with van der Waals surface area (Å²) in [5.41, 5.74) is 1.01. The van der Waals surface area contributed by atoms with E-state index >= 15 is 0 Å². The molecule has 3 aromatic rings. The Morgan fingerprint density at radius 3 is 2.41 bits per heavy atom. The van der Waals surface area contributed by atoms with Crippen molar-refractivity contribution in [1.29, 1.82) is 0 Å². The zero-order valence-corrected chi connectivity index (χ0v) is 9.37. The molecule has 0 N–H and O–H groups in total. The Bertz CT molecular complexity index is 818. The van der Waals surface area contributed by atoms with Crippen LogP contribution in [-0.4, -0.2) is 8.42 Å². The maximum atomic E-state index is 12.8. The molecular formula is C12H7FO3S. The Hall–Kier alpha value is -1.88. The molecule has 0 saturated heterocycles. The first kappa shape index (κ1) is 10.3. The van der Waals surface area contributed by atoms with E-state index in [1.807, 2.05) is 18.2 Å². The summed E-state index contributed by atoms with van der Waals surface area (Å²) in [6, 6.07) is 11.3. The molecule has 0 aliphatic rings. The molecule has 3 nitrogen and oxygen atoms in total. The second-order valence-corrected chi connectivity index (χ2v) is 5.04. The zero-order valence-electron chi connectivity index (χ0n) is 8.55. The summed E-state index contributed by atoms with van der Waals surface area (Å²) in [5.74, 6) is 0. The van der Waals surface area contributed by atoms with Crippen LogP contribution in [0.15, 0.2) is 51.8 Å². The molecule has 5 heteroatoms. The molecule has 0 aliphatic carbocycles. The van der Waals surface area contributed by atoms with E-state index in [1.54, 1.807) is 12.1 Å². The van der Waals surface area contributed by atoms with Gasteiger partial charge in [0.1, 0.15) is 16.1 Å². The van der Waals surface area contributed by atoms with Crippen LogP contribution in [0.25, 0.3) is 21.9 Å². The van der Waals surface area contributed by atoms with Crippen molar-refractivity contribution < 1.29 is 16.7 Å². The van der Waals surface area contributed by atoms with Gasteiger partial charge in [-0.05, 0) is 18.2 Å². The molecule has 2 aromatic carbocycles. The zero-order chi connectivity index (χ0) is 12.0. The second kappa shape index (κ2) is 3.30. The van der Waals surface area contributed by atoms with Crippen molar-refractivity contribution in [3.05, 3.63) is 42.5 Å². The van der Waals surface area contributed by atoms with E-state index in [0.717, 1.165) is 10.8 Å². The van der Waals surface area contributed by atoms with Gasteiger partial charge in [0, 0.05) is 16.8 Å². The summed E-state index contributed by atoms with van der Waals surface area (Å²) in [7, 11) is -4.69. The Labute approximate surface area is 96.7 Å². The molecule has 0 amide bonds. The van der Waals surface area contributed by atoms with Crippen molar-refractivity contribution in [1.82, 2.24) is 0 Å². The Balaban J connectivity index is 2.42. The van der Waals surface area contributed by atoms with Crippen LogP contribution in [-0.2, 0) is 10.2 Å². The predicted molar refractivity (Wildman–Crippen MR) is 62.0 cm³/mol. The van der Waals surface area contributed by atoms with Gasteiger partial charge in [-0.2, -0.15) is 8.42 Å². The minimum absolute atomic E-state index is 0.366. The smallest absolute Gasteiger partial charge is 0.332 e. The van der Waals surface area contributed by atoms with Crippen molar-refractivity contribution in [2.24, 2.45) is 0 Å². The minimum atomic E-state index is -4.69. The lowest BCUT2D eigenvalue weighted by Gasteiger charge is -1.93. The number of furan rings is 1. The van der Waals surface area contributed by atoms with Gasteiger partial charge in [-0.15, -0.1) is 3.89 Å². The van der Waals surface area contributed by atoms with Gasteiger partial charge in [0.25, 0.3) is 0 Å². The Kier molecular flexibility index (Phi) is 2.00. The average Bonchev–Trinajstić information content (AvgIpc) is 2.65. The molecule has 0 unspecified atom stereocenters. The number of hydrogen-bond donors (Lipinski definition) is 0. The van der Waals surface area contributed by atoms with Gasteiger partial charge in [0.15, 0.2) is 0 Å². The number of hydrogen-bond acceptors (Lipinski definition) is 3. The summed E-state index contributed by atoms with van der Waals surface area (Å²) in [5, 5.41) is 1.65. The number of para-hydroxylation sites is 1. The summed E-state index contributed by atoms with van der Waals surface area (Å²) in [6.07, 6.45) is 0. The largest absolute Gasteiger partial charge is 0.456 e. The fraction of sp³-hybridized carbons (Fsp3) is 0. The average molecular weight is 250 g/mol. The van der Waals surface area contributed by atoms with Crippen LogP contribution in [0.5, 0.6) is 0 Å². The van der Waals surface area contributed by atoms with Crippen LogP contribution < -0.4 is 0 Å². The SMILES string of the molecule is O=S(=O)(F)c1ccc2c(c1)oc1ccccc12. The maximum Gasteiger partial charge on any atom is 0.332 e. The number of fused-ring (bicyclic) bond motifs is 3. The Morgan fingerprint density at radius 2 is 1.65 bits per heavy atom. The summed E-state index contributed by atoms with van der Waals surface area (Å²) >= 11 is 0. The third kappa shape index (κ3) is 1.59. The van der Waals surface area contributed by atoms with E-state index < -0.39 is 10.2 Å². The molecule has 3 rings (SSSR count). The molecule has 0 fully saturated rings. The van der Waals surface area contributed by atoms with E-state index in [9.17, 15) is 12.3 Å². The van der Waals surface area contributed by atoms with Gasteiger partial charge < -0.3 is 4.42 Å². The topological polar surface area (TPSA) is 47.3 Å². The fourth-order valence-electron chi connectivity index (χ4n) is 1.86. The van der Waals surface area contributed by atoms with Crippen LogP contribution in [0.4, 0.5) is 3.89 Å². The molecule has 0 aliphatic heterocycles. The fourth-order valence-corrected chi connectivity index (χ4v) is 2.34. The lowest BCUT2D eigenvalue weighted by Crippen LogP contribution is -1.90. The minimum Gasteiger partial charge on any atom is -0.456 e. The van der Waals surface area contributed by atoms with Gasteiger partial charge in [-0.3, -0.25) is 0 Å². The third-order valence-corrected chi connectivity index (χ3v) is 3.45. The van der Waals surface area contributed by atoms with Crippen molar-refractivity contribution in [3.8, 4) is 0 Å². The lowest BCUT2D eigenvalue weighted by atomic mass is 10.2. The third-order valence-electron chi connectivity index (χ3n) is 2.63. The standard InChI is InChI=1S/C12H7FO3S/c13-17(14,15)8-5-6-10-9-3-1-2-4-11(9)16-12(10)7-8/h1-7H. The highest BCUT2D eigenvalue weighted by molar-refractivity contribution is 7.86. The normalized spacial score (nSPS) is 12.3. The highest BCUT2D eigenvalue weighted by atomic mass is 32.3. The van der Waals surface area contributed by atoms with Crippen molar-refractivity contribution >= 4 is 32.2 Å². The molecular weight excluding hydrogens is 243 g/mol. The van der Waals surface area contributed by atoms with E-state index in [2.05, 4.69) is 0 Å². The summed E-state index contributed by atoms with van der Waals surface area (Å²) in [6.45, 7) is 0. The van der Waals surface area contributed by atoms with Crippen LogP contribution in [0, 0.1) is 0 Å². The molecule has 0 bridgehead atoms. The van der Waals surface area contributed by atoms with Crippen LogP contribution >= 0.6 is 0 Å². The van der Waals surface area contributed by atoms with Crippen LogP contribution in [0.2, 0.25) is 0 Å². The van der Waals surface area contributed by atoms with E-state index in [1.165, 1.54) is 12.1 Å². The predicted octanol–water partition coefficient (Wildman–Crippen LogP) is 3.24. The molecule has 17 heavy (non-hydrogen) atoms. The van der Waals surface area contributed by atoms with Crippen LogP contribution in [0.1, 0.15) is 0 Å². The number of rotatable bonds is 1. The molecule has 1 heterocycles. The first-order valence-corrected chi connectivity index (χ1v) is 6.30. The quantitative estimate of drug-likeness (QED) is 0.623. The maximum absolute atomic E-state index is 12.8.